The molecule has 0 saturated carbocycles. The van der Waals surface area contributed by atoms with Crippen molar-refractivity contribution >= 4 is 0 Å². The molecule has 0 radical (unpaired) electrons. The number of hydrogen-bond donors (Lipinski definition) is 1. The molecule has 100 valence electrons. The summed E-state index contributed by atoms with van der Waals surface area (Å²) in [4.78, 5) is 3.44. The molecule has 19 heavy (non-hydrogen) atoms. The molecule has 0 fully saturated rings. The number of alkyl halides is 3. The lowest BCUT2D eigenvalue weighted by atomic mass is 9.94. The molecule has 1 unspecified atom stereocenters. The molecule has 1 N–H and O–H groups in total. The summed E-state index contributed by atoms with van der Waals surface area (Å²) in [7, 11) is 0. The van der Waals surface area contributed by atoms with Crippen molar-refractivity contribution < 1.29 is 17.7 Å². The van der Waals surface area contributed by atoms with Gasteiger partial charge in [0.15, 0.2) is 0 Å². The van der Waals surface area contributed by atoms with E-state index >= 15 is 0 Å². The summed E-state index contributed by atoms with van der Waals surface area (Å²) >= 11 is 0. The first-order chi connectivity index (χ1) is 9.05. The van der Waals surface area contributed by atoms with Crippen LogP contribution in [0.25, 0.3) is 0 Å². The Morgan fingerprint density at radius 2 is 2.05 bits per heavy atom. The first-order valence-electron chi connectivity index (χ1n) is 5.77. The Morgan fingerprint density at radius 3 is 2.79 bits per heavy atom. The number of nitrogens with one attached hydrogen (secondary N) is 1. The normalized spacial score (nSPS) is 19.2. The van der Waals surface area contributed by atoms with Gasteiger partial charge in [-0.15, -0.1) is 0 Å². The molecule has 1 atom stereocenters. The Hall–Kier alpha value is -1.89. The fourth-order valence-electron chi connectivity index (χ4n) is 2.19. The number of fused-ring (bicyclic) bond motifs is 1. The van der Waals surface area contributed by atoms with Gasteiger partial charge in [0.1, 0.15) is 6.04 Å². The monoisotopic (exact) mass is 269 g/mol. The van der Waals surface area contributed by atoms with Gasteiger partial charge in [-0.3, -0.25) is 0 Å². The van der Waals surface area contributed by atoms with Crippen LogP contribution in [0.5, 0.6) is 0 Å². The van der Waals surface area contributed by atoms with Crippen LogP contribution in [0.4, 0.5) is 13.2 Å². The summed E-state index contributed by atoms with van der Waals surface area (Å²) in [6, 6.07) is 7.05. The number of aromatic nitrogens is 2. The van der Waals surface area contributed by atoms with Gasteiger partial charge < -0.3 is 9.84 Å². The Bertz CT molecular complexity index is 594. The van der Waals surface area contributed by atoms with Crippen molar-refractivity contribution in [3.63, 3.8) is 0 Å². The molecule has 1 aromatic heterocycles. The zero-order chi connectivity index (χ0) is 13.5. The van der Waals surface area contributed by atoms with Crippen LogP contribution < -0.4 is 5.32 Å². The first kappa shape index (κ1) is 12.2. The average Bonchev–Trinajstić information content (AvgIpc) is 2.87. The topological polar surface area (TPSA) is 51.0 Å². The highest BCUT2D eigenvalue weighted by molar-refractivity contribution is 5.35. The van der Waals surface area contributed by atoms with Crippen molar-refractivity contribution in [2.75, 3.05) is 6.54 Å². The summed E-state index contributed by atoms with van der Waals surface area (Å²) in [5, 5.41) is 6.08. The van der Waals surface area contributed by atoms with E-state index in [4.69, 9.17) is 4.52 Å². The highest BCUT2D eigenvalue weighted by atomic mass is 19.4. The van der Waals surface area contributed by atoms with E-state index in [1.54, 1.807) is 0 Å². The third-order valence-corrected chi connectivity index (χ3v) is 3.05. The number of rotatable bonds is 1. The van der Waals surface area contributed by atoms with E-state index in [0.29, 0.717) is 6.54 Å². The molecule has 0 aliphatic carbocycles. The second-order valence-electron chi connectivity index (χ2n) is 4.29. The fraction of sp³-hybridized carbons (Fsp3) is 0.333. The number of nitrogens with zero attached hydrogens (tertiary/aromatic N) is 2. The molecule has 1 aliphatic heterocycles. The van der Waals surface area contributed by atoms with Gasteiger partial charge >= 0.3 is 6.18 Å². The van der Waals surface area contributed by atoms with E-state index in [0.717, 1.165) is 17.5 Å². The van der Waals surface area contributed by atoms with Crippen molar-refractivity contribution in [1.82, 2.24) is 15.5 Å². The lowest BCUT2D eigenvalue weighted by Crippen LogP contribution is -2.30. The quantitative estimate of drug-likeness (QED) is 0.863. The smallest absolute Gasteiger partial charge is 0.337 e. The molecule has 1 aliphatic rings. The maximum Gasteiger partial charge on any atom is 0.455 e. The average molecular weight is 269 g/mol. The third kappa shape index (κ3) is 2.21. The van der Waals surface area contributed by atoms with Crippen LogP contribution in [-0.2, 0) is 12.6 Å². The molecule has 4 nitrogen and oxygen atoms in total. The Kier molecular flexibility index (Phi) is 2.78. The van der Waals surface area contributed by atoms with Crippen molar-refractivity contribution in [1.29, 1.82) is 0 Å². The predicted octanol–water partition coefficient (Wildman–Crippen LogP) is 2.32. The maximum atomic E-state index is 12.5. The SMILES string of the molecule is FC(F)(F)c1noc(C2NCCc3ccccc32)n1. The maximum absolute atomic E-state index is 12.5. The summed E-state index contributed by atoms with van der Waals surface area (Å²) in [5.74, 6) is -1.30. The van der Waals surface area contributed by atoms with Gasteiger partial charge in [0.2, 0.25) is 5.89 Å². The van der Waals surface area contributed by atoms with Crippen molar-refractivity contribution in [3.8, 4) is 0 Å². The van der Waals surface area contributed by atoms with Crippen LogP contribution in [0.3, 0.4) is 0 Å². The van der Waals surface area contributed by atoms with Gasteiger partial charge in [0.25, 0.3) is 5.82 Å². The zero-order valence-corrected chi connectivity index (χ0v) is 9.74. The first-order valence-corrected chi connectivity index (χ1v) is 5.77. The van der Waals surface area contributed by atoms with E-state index in [9.17, 15) is 13.2 Å². The van der Waals surface area contributed by atoms with E-state index in [1.165, 1.54) is 0 Å². The second-order valence-corrected chi connectivity index (χ2v) is 4.29. The molecule has 0 saturated heterocycles. The molecular weight excluding hydrogens is 259 g/mol. The highest BCUT2D eigenvalue weighted by Crippen LogP contribution is 2.31. The van der Waals surface area contributed by atoms with Crippen molar-refractivity contribution in [2.45, 2.75) is 18.6 Å². The van der Waals surface area contributed by atoms with Crippen LogP contribution in [0.1, 0.15) is 28.9 Å². The highest BCUT2D eigenvalue weighted by Gasteiger charge is 2.38. The van der Waals surface area contributed by atoms with E-state index in [-0.39, 0.29) is 5.89 Å². The number of hydrogen-bond acceptors (Lipinski definition) is 4. The van der Waals surface area contributed by atoms with Gasteiger partial charge in [-0.05, 0) is 17.5 Å². The van der Waals surface area contributed by atoms with Gasteiger partial charge in [-0.2, -0.15) is 18.2 Å². The standard InChI is InChI=1S/C12H10F3N3O/c13-12(14,15)11-17-10(19-18-11)9-8-4-2-1-3-7(8)5-6-16-9/h1-4,9,16H,5-6H2. The molecule has 1 aromatic carbocycles. The Labute approximate surface area is 106 Å². The minimum Gasteiger partial charge on any atom is -0.337 e. The summed E-state index contributed by atoms with van der Waals surface area (Å²) < 4.78 is 42.1. The third-order valence-electron chi connectivity index (χ3n) is 3.05. The summed E-state index contributed by atoms with van der Waals surface area (Å²) in [6.07, 6.45) is -3.76. The predicted molar refractivity (Wildman–Crippen MR) is 59.3 cm³/mol. The fourth-order valence-corrected chi connectivity index (χ4v) is 2.19. The van der Waals surface area contributed by atoms with Crippen LogP contribution >= 0.6 is 0 Å². The summed E-state index contributed by atoms with van der Waals surface area (Å²) in [5.41, 5.74) is 1.96. The molecule has 0 amide bonds. The number of benzene rings is 1. The summed E-state index contributed by atoms with van der Waals surface area (Å²) in [6.45, 7) is 0.658. The van der Waals surface area contributed by atoms with E-state index in [2.05, 4.69) is 15.5 Å². The van der Waals surface area contributed by atoms with Crippen LogP contribution in [0.15, 0.2) is 28.8 Å². The Balaban J connectivity index is 1.98. The zero-order valence-electron chi connectivity index (χ0n) is 9.74. The van der Waals surface area contributed by atoms with Gasteiger partial charge in [0, 0.05) is 6.54 Å². The molecule has 0 bridgehead atoms. The van der Waals surface area contributed by atoms with Crippen LogP contribution in [0, 0.1) is 0 Å². The lowest BCUT2D eigenvalue weighted by Gasteiger charge is -2.23. The number of halogens is 3. The molecule has 0 spiro atoms. The Morgan fingerprint density at radius 1 is 1.26 bits per heavy atom. The van der Waals surface area contributed by atoms with Crippen molar-refractivity contribution in [3.05, 3.63) is 47.1 Å². The minimum atomic E-state index is -4.59. The minimum absolute atomic E-state index is 0.0560. The molecule has 3 rings (SSSR count). The van der Waals surface area contributed by atoms with Crippen molar-refractivity contribution in [2.24, 2.45) is 0 Å². The molecular formula is C12H10F3N3O. The van der Waals surface area contributed by atoms with Gasteiger partial charge in [0.05, 0.1) is 0 Å². The van der Waals surface area contributed by atoms with Gasteiger partial charge in [-0.25, -0.2) is 0 Å². The van der Waals surface area contributed by atoms with Crippen LogP contribution in [0.2, 0.25) is 0 Å². The lowest BCUT2D eigenvalue weighted by molar-refractivity contribution is -0.146. The molecule has 2 aromatic rings. The molecule has 7 heteroatoms. The van der Waals surface area contributed by atoms with Crippen LogP contribution in [-0.4, -0.2) is 16.7 Å². The second kappa shape index (κ2) is 4.34. The molecule has 2 heterocycles. The van der Waals surface area contributed by atoms with Gasteiger partial charge in [-0.1, -0.05) is 29.4 Å². The van der Waals surface area contributed by atoms with E-state index in [1.807, 2.05) is 24.3 Å². The largest absolute Gasteiger partial charge is 0.455 e. The van der Waals surface area contributed by atoms with E-state index < -0.39 is 18.0 Å².